The van der Waals surface area contributed by atoms with E-state index in [4.69, 9.17) is 4.42 Å². The number of furan rings is 1. The molecule has 4 aromatic rings. The fourth-order valence-electron chi connectivity index (χ4n) is 3.43. The topological polar surface area (TPSA) is 87.4 Å². The third kappa shape index (κ3) is 3.84. The molecule has 3 aromatic heterocycles. The van der Waals surface area contributed by atoms with Crippen molar-refractivity contribution in [1.29, 1.82) is 0 Å². The Balaban J connectivity index is 1.16. The summed E-state index contributed by atoms with van der Waals surface area (Å²) in [7, 11) is 0. The van der Waals surface area contributed by atoms with Gasteiger partial charge in [-0.05, 0) is 24.3 Å². The Hall–Kier alpha value is -3.46. The van der Waals surface area contributed by atoms with E-state index in [-0.39, 0.29) is 6.03 Å². The molecule has 0 atom stereocenters. The lowest BCUT2D eigenvalue weighted by Crippen LogP contribution is -2.51. The molecule has 5 rings (SSSR count). The van der Waals surface area contributed by atoms with Gasteiger partial charge in [-0.1, -0.05) is 12.1 Å². The first-order valence-electron chi connectivity index (χ1n) is 9.75. The van der Waals surface area contributed by atoms with Gasteiger partial charge in [-0.25, -0.2) is 14.8 Å². The van der Waals surface area contributed by atoms with Gasteiger partial charge < -0.3 is 19.5 Å². The first kappa shape index (κ1) is 18.6. The van der Waals surface area contributed by atoms with Gasteiger partial charge in [0.2, 0.25) is 0 Å². The van der Waals surface area contributed by atoms with Crippen molar-refractivity contribution in [2.45, 2.75) is 6.54 Å². The molecule has 1 aromatic carbocycles. The van der Waals surface area contributed by atoms with Crippen LogP contribution in [0.5, 0.6) is 0 Å². The second kappa shape index (κ2) is 8.11. The Bertz CT molecular complexity index is 1120. The van der Waals surface area contributed by atoms with Crippen LogP contribution in [0.2, 0.25) is 0 Å². The largest absolute Gasteiger partial charge is 0.457 e. The lowest BCUT2D eigenvalue weighted by atomic mass is 10.3. The molecule has 8 nitrogen and oxygen atoms in total. The van der Waals surface area contributed by atoms with Crippen molar-refractivity contribution in [3.05, 3.63) is 60.7 Å². The quantitative estimate of drug-likeness (QED) is 0.545. The zero-order chi connectivity index (χ0) is 20.3. The molecule has 1 saturated heterocycles. The molecular weight excluding hydrogens is 400 g/mol. The Morgan fingerprint density at radius 1 is 1.10 bits per heavy atom. The molecule has 1 aliphatic heterocycles. The van der Waals surface area contributed by atoms with Crippen molar-refractivity contribution < 1.29 is 9.21 Å². The van der Waals surface area contributed by atoms with Gasteiger partial charge in [0.25, 0.3) is 0 Å². The van der Waals surface area contributed by atoms with Crippen molar-refractivity contribution in [3.63, 3.8) is 0 Å². The zero-order valence-corrected chi connectivity index (χ0v) is 17.0. The van der Waals surface area contributed by atoms with E-state index in [1.807, 2.05) is 41.3 Å². The lowest BCUT2D eigenvalue weighted by molar-refractivity contribution is 0.193. The molecule has 152 valence electrons. The van der Waals surface area contributed by atoms with Crippen LogP contribution in [-0.2, 0) is 6.54 Å². The highest BCUT2D eigenvalue weighted by Gasteiger charge is 2.22. The highest BCUT2D eigenvalue weighted by molar-refractivity contribution is 7.21. The number of thiazole rings is 1. The van der Waals surface area contributed by atoms with Gasteiger partial charge in [-0.2, -0.15) is 0 Å². The van der Waals surface area contributed by atoms with E-state index < -0.39 is 0 Å². The number of aromatic nitrogens is 3. The Morgan fingerprint density at radius 3 is 2.77 bits per heavy atom. The second-order valence-corrected chi connectivity index (χ2v) is 7.98. The van der Waals surface area contributed by atoms with E-state index in [1.165, 1.54) is 0 Å². The van der Waals surface area contributed by atoms with Crippen LogP contribution < -0.4 is 10.2 Å². The molecule has 0 bridgehead atoms. The predicted octanol–water partition coefficient (Wildman–Crippen LogP) is 3.38. The number of piperazine rings is 1. The van der Waals surface area contributed by atoms with Crippen LogP contribution >= 0.6 is 11.3 Å². The standard InChI is InChI=1S/C21H20N6O2S/c28-21(27-11-9-26(10-12-27)19-14-22-7-8-23-19)24-13-15-5-6-17(29-15)20-25-16-3-1-2-4-18(16)30-20/h1-8,14H,9-13H2,(H,24,28). The third-order valence-corrected chi connectivity index (χ3v) is 6.07. The van der Waals surface area contributed by atoms with Gasteiger partial charge in [0.15, 0.2) is 10.8 Å². The van der Waals surface area contributed by atoms with Gasteiger partial charge >= 0.3 is 6.03 Å². The highest BCUT2D eigenvalue weighted by Crippen LogP contribution is 2.31. The average molecular weight is 420 g/mol. The van der Waals surface area contributed by atoms with Crippen molar-refractivity contribution in [2.75, 3.05) is 31.1 Å². The minimum Gasteiger partial charge on any atom is -0.457 e. The van der Waals surface area contributed by atoms with E-state index >= 15 is 0 Å². The lowest BCUT2D eigenvalue weighted by Gasteiger charge is -2.35. The maximum Gasteiger partial charge on any atom is 0.317 e. The molecule has 1 N–H and O–H groups in total. The molecule has 30 heavy (non-hydrogen) atoms. The highest BCUT2D eigenvalue weighted by atomic mass is 32.1. The number of anilines is 1. The molecule has 0 saturated carbocycles. The van der Waals surface area contributed by atoms with Gasteiger partial charge in [0.05, 0.1) is 23.0 Å². The van der Waals surface area contributed by atoms with Crippen molar-refractivity contribution in [1.82, 2.24) is 25.2 Å². The van der Waals surface area contributed by atoms with Gasteiger partial charge in [0, 0.05) is 38.6 Å². The smallest absolute Gasteiger partial charge is 0.317 e. The van der Waals surface area contributed by atoms with E-state index in [0.717, 1.165) is 39.9 Å². The number of urea groups is 1. The zero-order valence-electron chi connectivity index (χ0n) is 16.2. The summed E-state index contributed by atoms with van der Waals surface area (Å²) in [5.41, 5.74) is 0.962. The first-order chi connectivity index (χ1) is 14.8. The molecule has 1 aliphatic rings. The van der Waals surface area contributed by atoms with E-state index in [2.05, 4.69) is 25.2 Å². The molecule has 2 amide bonds. The molecule has 1 fully saturated rings. The number of amides is 2. The van der Waals surface area contributed by atoms with Crippen LogP contribution in [0.25, 0.3) is 21.0 Å². The normalized spacial score (nSPS) is 14.3. The van der Waals surface area contributed by atoms with Gasteiger partial charge in [-0.3, -0.25) is 4.98 Å². The first-order valence-corrected chi connectivity index (χ1v) is 10.6. The molecule has 4 heterocycles. The number of rotatable bonds is 4. The monoisotopic (exact) mass is 420 g/mol. The SMILES string of the molecule is O=C(NCc1ccc(-c2nc3ccccc3s2)o1)N1CCN(c2cnccn2)CC1. The summed E-state index contributed by atoms with van der Waals surface area (Å²) in [5, 5.41) is 3.79. The number of fused-ring (bicyclic) bond motifs is 1. The number of carbonyl (C=O) groups excluding carboxylic acids is 1. The second-order valence-electron chi connectivity index (χ2n) is 6.95. The Labute approximate surface area is 177 Å². The molecule has 9 heteroatoms. The summed E-state index contributed by atoms with van der Waals surface area (Å²) in [4.78, 5) is 29.5. The summed E-state index contributed by atoms with van der Waals surface area (Å²) in [5.74, 6) is 2.27. The predicted molar refractivity (Wildman–Crippen MR) is 115 cm³/mol. The number of carbonyl (C=O) groups is 1. The fourth-order valence-corrected chi connectivity index (χ4v) is 4.36. The van der Waals surface area contributed by atoms with Gasteiger partial charge in [-0.15, -0.1) is 11.3 Å². The van der Waals surface area contributed by atoms with Crippen LogP contribution in [0.15, 0.2) is 59.4 Å². The van der Waals surface area contributed by atoms with Gasteiger partial charge in [0.1, 0.15) is 11.6 Å². The summed E-state index contributed by atoms with van der Waals surface area (Å²) < 4.78 is 7.03. The van der Waals surface area contributed by atoms with E-state index in [0.29, 0.717) is 25.4 Å². The van der Waals surface area contributed by atoms with Crippen LogP contribution in [0.3, 0.4) is 0 Å². The maximum absolute atomic E-state index is 12.5. The summed E-state index contributed by atoms with van der Waals surface area (Å²) in [6, 6.07) is 11.7. The number of nitrogens with one attached hydrogen (secondary N) is 1. The van der Waals surface area contributed by atoms with Crippen LogP contribution in [0, 0.1) is 0 Å². The average Bonchev–Trinajstić information content (AvgIpc) is 3.45. The Kier molecular flexibility index (Phi) is 5.02. The van der Waals surface area contributed by atoms with Crippen LogP contribution in [0.4, 0.5) is 10.6 Å². The number of nitrogens with zero attached hydrogens (tertiary/aromatic N) is 5. The number of hydrogen-bond acceptors (Lipinski definition) is 7. The minimum atomic E-state index is -0.0910. The third-order valence-electron chi connectivity index (χ3n) is 5.02. The maximum atomic E-state index is 12.5. The van der Waals surface area contributed by atoms with Crippen molar-refractivity contribution >= 4 is 33.4 Å². The summed E-state index contributed by atoms with van der Waals surface area (Å²) >= 11 is 1.59. The van der Waals surface area contributed by atoms with Crippen molar-refractivity contribution in [2.24, 2.45) is 0 Å². The molecule has 0 radical (unpaired) electrons. The number of para-hydroxylation sites is 1. The number of benzene rings is 1. The molecule has 0 aliphatic carbocycles. The van der Waals surface area contributed by atoms with E-state index in [9.17, 15) is 4.79 Å². The molecular formula is C21H20N6O2S. The van der Waals surface area contributed by atoms with Crippen molar-refractivity contribution in [3.8, 4) is 10.8 Å². The van der Waals surface area contributed by atoms with Crippen LogP contribution in [0.1, 0.15) is 5.76 Å². The Morgan fingerprint density at radius 2 is 1.97 bits per heavy atom. The minimum absolute atomic E-state index is 0.0910. The number of hydrogen-bond donors (Lipinski definition) is 1. The van der Waals surface area contributed by atoms with Crippen LogP contribution in [-0.4, -0.2) is 52.1 Å². The summed E-state index contributed by atoms with van der Waals surface area (Å²) in [6.07, 6.45) is 5.08. The summed E-state index contributed by atoms with van der Waals surface area (Å²) in [6.45, 7) is 3.08. The molecule has 0 unspecified atom stereocenters. The molecule has 0 spiro atoms. The van der Waals surface area contributed by atoms with E-state index in [1.54, 1.807) is 29.9 Å². The fraction of sp³-hybridized carbons (Fsp3) is 0.238.